The van der Waals surface area contributed by atoms with Crippen molar-refractivity contribution in [1.82, 2.24) is 4.90 Å². The molecule has 0 N–H and O–H groups in total. The van der Waals surface area contributed by atoms with Crippen LogP contribution in [0.5, 0.6) is 0 Å². The third kappa shape index (κ3) is 4.43. The maximum Gasteiger partial charge on any atom is 2.00 e. The Bertz CT molecular complexity index is 279. The minimum Gasteiger partial charge on any atom is -1.00 e. The zero-order valence-electron chi connectivity index (χ0n) is 11.0. The van der Waals surface area contributed by atoms with Gasteiger partial charge in [0.25, 0.3) is 0 Å². The van der Waals surface area contributed by atoms with Crippen LogP contribution in [-0.2, 0) is 6.54 Å². The van der Waals surface area contributed by atoms with Crippen LogP contribution in [0.2, 0.25) is 0 Å². The molecule has 1 nitrogen and oxygen atoms in total. The van der Waals surface area contributed by atoms with Crippen LogP contribution in [0.4, 0.5) is 0 Å². The van der Waals surface area contributed by atoms with E-state index in [1.165, 1.54) is 31.5 Å². The molecule has 1 heterocycles. The average Bonchev–Trinajstić information content (AvgIpc) is 2.23. The second-order valence-corrected chi connectivity index (χ2v) is 5.23. The number of hydrogen-bond donors (Lipinski definition) is 0. The first kappa shape index (κ1) is 13.5. The number of likely N-dealkylation sites (tertiary alicyclic amines) is 1. The quantitative estimate of drug-likeness (QED) is 0.595. The van der Waals surface area contributed by atoms with Crippen molar-refractivity contribution in [3.8, 4) is 0 Å². The van der Waals surface area contributed by atoms with Crippen molar-refractivity contribution >= 4 is 39.0 Å². The molecular formula is C12H18BrMgN. The van der Waals surface area contributed by atoms with Gasteiger partial charge in [-0.25, -0.2) is 0 Å². The Morgan fingerprint density at radius 2 is 1.80 bits per heavy atom. The molecule has 1 aliphatic rings. The van der Waals surface area contributed by atoms with E-state index in [0.29, 0.717) is 0 Å². The molecule has 1 aromatic carbocycles. The summed E-state index contributed by atoms with van der Waals surface area (Å²) in [5, 5.41) is 0. The van der Waals surface area contributed by atoms with Crippen molar-refractivity contribution in [3.05, 3.63) is 35.9 Å². The normalized spacial score (nSPS) is 18.5. The van der Waals surface area contributed by atoms with E-state index in [9.17, 15) is 0 Å². The fraction of sp³-hybridized carbons (Fsp3) is 0.500. The van der Waals surface area contributed by atoms with E-state index in [4.69, 9.17) is 0 Å². The van der Waals surface area contributed by atoms with Crippen molar-refractivity contribution in [3.63, 3.8) is 0 Å². The van der Waals surface area contributed by atoms with Gasteiger partial charge in [0.1, 0.15) is 0 Å². The topological polar surface area (TPSA) is 3.24 Å². The molecule has 0 bridgehead atoms. The molecule has 2 rings (SSSR count). The summed E-state index contributed by atoms with van der Waals surface area (Å²) in [6, 6.07) is 10.7. The molecule has 80 valence electrons. The van der Waals surface area contributed by atoms with Crippen LogP contribution in [0.15, 0.2) is 30.3 Å². The Morgan fingerprint density at radius 3 is 2.40 bits per heavy atom. The van der Waals surface area contributed by atoms with Crippen molar-refractivity contribution < 1.29 is 2.85 Å². The monoisotopic (exact) mass is 279 g/mol. The molecule has 0 saturated carbocycles. The van der Waals surface area contributed by atoms with E-state index in [0.717, 1.165) is 11.4 Å². The first-order valence-corrected chi connectivity index (χ1v) is 6.16. The van der Waals surface area contributed by atoms with E-state index in [1.807, 2.05) is 0 Å². The predicted molar refractivity (Wildman–Crippen MR) is 71.6 cm³/mol. The van der Waals surface area contributed by atoms with Crippen LogP contribution in [0, 0.1) is 0 Å². The van der Waals surface area contributed by atoms with Gasteiger partial charge in [0.05, 0.1) is 0 Å². The number of benzene rings is 1. The third-order valence-corrected chi connectivity index (χ3v) is 3.68. The van der Waals surface area contributed by atoms with Gasteiger partial charge in [0, 0.05) is 11.4 Å². The molecular weight excluding hydrogens is 262 g/mol. The molecule has 15 heavy (non-hydrogen) atoms. The van der Waals surface area contributed by atoms with Gasteiger partial charge >= 0.3 is 23.1 Å². The van der Waals surface area contributed by atoms with Crippen molar-refractivity contribution in [2.24, 2.45) is 0 Å². The summed E-state index contributed by atoms with van der Waals surface area (Å²) in [5.74, 6) is 0. The Morgan fingerprint density at radius 1 is 1.20 bits per heavy atom. The van der Waals surface area contributed by atoms with Gasteiger partial charge < -0.3 is 2.85 Å². The SMILES string of the molecule is BrC1CCN(Cc2ccccc2)CC1.[H-].[H-].[Mg+2]. The number of hydrogen-bond acceptors (Lipinski definition) is 1. The molecule has 1 fully saturated rings. The molecule has 0 aromatic heterocycles. The molecule has 0 amide bonds. The van der Waals surface area contributed by atoms with Crippen LogP contribution in [-0.4, -0.2) is 45.9 Å². The fourth-order valence-corrected chi connectivity index (χ4v) is 2.31. The van der Waals surface area contributed by atoms with E-state index in [2.05, 4.69) is 51.2 Å². The van der Waals surface area contributed by atoms with Crippen molar-refractivity contribution in [1.29, 1.82) is 0 Å². The van der Waals surface area contributed by atoms with Gasteiger partial charge in [0.2, 0.25) is 0 Å². The largest absolute Gasteiger partial charge is 2.00 e. The minimum absolute atomic E-state index is 0. The van der Waals surface area contributed by atoms with E-state index >= 15 is 0 Å². The summed E-state index contributed by atoms with van der Waals surface area (Å²) in [5.41, 5.74) is 1.43. The maximum atomic E-state index is 3.67. The molecule has 0 spiro atoms. The average molecular weight is 280 g/mol. The van der Waals surface area contributed by atoms with Crippen LogP contribution >= 0.6 is 15.9 Å². The zero-order valence-corrected chi connectivity index (χ0v) is 12.0. The van der Waals surface area contributed by atoms with Gasteiger partial charge in [-0.3, -0.25) is 4.90 Å². The number of rotatable bonds is 2. The summed E-state index contributed by atoms with van der Waals surface area (Å²) in [7, 11) is 0. The second kappa shape index (κ2) is 6.89. The van der Waals surface area contributed by atoms with Gasteiger partial charge in [0.15, 0.2) is 0 Å². The van der Waals surface area contributed by atoms with Crippen molar-refractivity contribution in [2.45, 2.75) is 24.2 Å². The molecule has 0 radical (unpaired) electrons. The number of piperidine rings is 1. The molecule has 1 aliphatic heterocycles. The Kier molecular flexibility index (Phi) is 6.20. The van der Waals surface area contributed by atoms with Gasteiger partial charge in [-0.2, -0.15) is 0 Å². The summed E-state index contributed by atoms with van der Waals surface area (Å²) in [6.07, 6.45) is 2.57. The van der Waals surface area contributed by atoms with Crippen LogP contribution in [0.3, 0.4) is 0 Å². The van der Waals surface area contributed by atoms with Gasteiger partial charge in [-0.1, -0.05) is 46.3 Å². The first-order chi connectivity index (χ1) is 6.84. The molecule has 1 saturated heterocycles. The summed E-state index contributed by atoms with van der Waals surface area (Å²) in [4.78, 5) is 3.28. The Hall–Kier alpha value is 0.426. The smallest absolute Gasteiger partial charge is 1.00 e. The maximum absolute atomic E-state index is 3.67. The number of halogens is 1. The predicted octanol–water partition coefficient (Wildman–Crippen LogP) is 2.89. The first-order valence-electron chi connectivity index (χ1n) is 5.25. The molecule has 0 aliphatic carbocycles. The van der Waals surface area contributed by atoms with Gasteiger partial charge in [-0.15, -0.1) is 0 Å². The third-order valence-electron chi connectivity index (χ3n) is 2.77. The van der Waals surface area contributed by atoms with E-state index < -0.39 is 0 Å². The summed E-state index contributed by atoms with van der Waals surface area (Å²) >= 11 is 3.67. The zero-order chi connectivity index (χ0) is 9.80. The Balaban J connectivity index is 0. The van der Waals surface area contributed by atoms with Crippen LogP contribution in [0.1, 0.15) is 21.3 Å². The van der Waals surface area contributed by atoms with Crippen molar-refractivity contribution in [2.75, 3.05) is 13.1 Å². The molecule has 0 atom stereocenters. The fourth-order valence-electron chi connectivity index (χ4n) is 1.90. The Labute approximate surface area is 119 Å². The second-order valence-electron chi connectivity index (χ2n) is 3.94. The van der Waals surface area contributed by atoms with E-state index in [1.54, 1.807) is 0 Å². The van der Waals surface area contributed by atoms with Crippen LogP contribution in [0.25, 0.3) is 0 Å². The number of nitrogens with zero attached hydrogens (tertiary/aromatic N) is 1. The molecule has 1 aromatic rings. The standard InChI is InChI=1S/C12H16BrN.Mg.2H/c13-12-6-8-14(9-7-12)10-11-4-2-1-3-5-11;;;/h1-5,12H,6-10H2;;;/q;+2;2*-1. The summed E-state index contributed by atoms with van der Waals surface area (Å²) in [6.45, 7) is 3.57. The molecule has 0 unspecified atom stereocenters. The number of alkyl halides is 1. The van der Waals surface area contributed by atoms with Gasteiger partial charge in [-0.05, 0) is 31.5 Å². The van der Waals surface area contributed by atoms with E-state index in [-0.39, 0.29) is 25.9 Å². The summed E-state index contributed by atoms with van der Waals surface area (Å²) < 4.78 is 0. The van der Waals surface area contributed by atoms with Crippen LogP contribution < -0.4 is 0 Å². The molecule has 3 heteroatoms. The minimum atomic E-state index is 0.